The number of nitrogens with zero attached hydrogens (tertiary/aromatic N) is 2. The first kappa shape index (κ1) is 15.9. The molecule has 1 aliphatic heterocycles. The number of nitrogens with one attached hydrogen (secondary N) is 1. The Labute approximate surface area is 124 Å². The number of nitrogen functional groups attached to an aromatic ring is 1. The van der Waals surface area contributed by atoms with Crippen molar-refractivity contribution in [2.45, 2.75) is 40.0 Å². The molecule has 1 aromatic rings. The zero-order chi connectivity index (χ0) is 15.6. The number of nitrogens with two attached hydrogens (primary N) is 1. The van der Waals surface area contributed by atoms with E-state index in [1.54, 1.807) is 0 Å². The number of pyridine rings is 1. The van der Waals surface area contributed by atoms with Crippen molar-refractivity contribution in [2.75, 3.05) is 23.4 Å². The predicted octanol–water partition coefficient (Wildman–Crippen LogP) is 3.30. The van der Waals surface area contributed by atoms with Crippen LogP contribution in [0.2, 0.25) is 0 Å². The smallest absolute Gasteiger partial charge is 0.178 e. The Hall–Kier alpha value is -1.43. The summed E-state index contributed by atoms with van der Waals surface area (Å²) in [5.74, 6) is 4.45. The third-order valence-electron chi connectivity index (χ3n) is 4.30. The van der Waals surface area contributed by atoms with Gasteiger partial charge in [0.05, 0.1) is 0 Å². The summed E-state index contributed by atoms with van der Waals surface area (Å²) in [4.78, 5) is 5.87. The molecule has 1 unspecified atom stereocenters. The van der Waals surface area contributed by atoms with E-state index >= 15 is 0 Å². The third-order valence-corrected chi connectivity index (χ3v) is 4.30. The van der Waals surface area contributed by atoms with Gasteiger partial charge in [-0.3, -0.25) is 0 Å². The van der Waals surface area contributed by atoms with Crippen molar-refractivity contribution in [1.29, 1.82) is 0 Å². The first-order chi connectivity index (χ1) is 9.82. The quantitative estimate of drug-likeness (QED) is 0.650. The third kappa shape index (κ3) is 3.61. The van der Waals surface area contributed by atoms with Crippen LogP contribution in [0.25, 0.3) is 0 Å². The van der Waals surface area contributed by atoms with Crippen LogP contribution in [0.5, 0.6) is 0 Å². The first-order valence-corrected chi connectivity index (χ1v) is 7.40. The number of hydrogen-bond donors (Lipinski definition) is 2. The zero-order valence-electron chi connectivity index (χ0n) is 12.9. The van der Waals surface area contributed by atoms with E-state index in [4.69, 9.17) is 5.84 Å². The van der Waals surface area contributed by atoms with Gasteiger partial charge in [0.25, 0.3) is 0 Å². The fraction of sp³-hybridized carbons (Fsp3) is 0.667. The average molecular weight is 298 g/mol. The van der Waals surface area contributed by atoms with Crippen LogP contribution in [-0.2, 0) is 0 Å². The molecule has 1 atom stereocenters. The van der Waals surface area contributed by atoms with Gasteiger partial charge in [-0.15, -0.1) is 0 Å². The van der Waals surface area contributed by atoms with Gasteiger partial charge < -0.3 is 10.3 Å². The van der Waals surface area contributed by atoms with Crippen LogP contribution >= 0.6 is 0 Å². The Balaban J connectivity index is 2.19. The first-order valence-electron chi connectivity index (χ1n) is 7.40. The maximum atomic E-state index is 14.0. The number of hydrogen-bond acceptors (Lipinski definition) is 4. The van der Waals surface area contributed by atoms with Gasteiger partial charge in [-0.1, -0.05) is 20.8 Å². The fourth-order valence-electron chi connectivity index (χ4n) is 2.95. The molecule has 0 aliphatic carbocycles. The molecule has 0 bridgehead atoms. The topological polar surface area (TPSA) is 54.2 Å². The number of anilines is 2. The van der Waals surface area contributed by atoms with Crippen LogP contribution in [-0.4, -0.2) is 18.1 Å². The highest BCUT2D eigenvalue weighted by atomic mass is 19.1. The second-order valence-electron chi connectivity index (χ2n) is 6.75. The summed E-state index contributed by atoms with van der Waals surface area (Å²) in [6, 6.07) is 0.837. The highest BCUT2D eigenvalue weighted by Gasteiger charge is 2.28. The Morgan fingerprint density at radius 2 is 1.95 bits per heavy atom. The van der Waals surface area contributed by atoms with E-state index in [2.05, 4.69) is 31.2 Å². The van der Waals surface area contributed by atoms with E-state index in [1.165, 1.54) is 0 Å². The van der Waals surface area contributed by atoms with Gasteiger partial charge in [0.2, 0.25) is 0 Å². The highest BCUT2D eigenvalue weighted by molar-refractivity contribution is 5.48. The highest BCUT2D eigenvalue weighted by Crippen LogP contribution is 2.35. The number of halogens is 2. The Kier molecular flexibility index (Phi) is 4.66. The van der Waals surface area contributed by atoms with Crippen molar-refractivity contribution >= 4 is 11.6 Å². The summed E-state index contributed by atoms with van der Waals surface area (Å²) in [7, 11) is 0. The number of hydrazine groups is 1. The molecule has 0 spiro atoms. The van der Waals surface area contributed by atoms with Crippen LogP contribution in [0.3, 0.4) is 0 Å². The minimum Gasteiger partial charge on any atom is -0.354 e. The largest absolute Gasteiger partial charge is 0.354 e. The van der Waals surface area contributed by atoms with Crippen molar-refractivity contribution in [3.8, 4) is 0 Å². The van der Waals surface area contributed by atoms with Crippen molar-refractivity contribution in [3.63, 3.8) is 0 Å². The van der Waals surface area contributed by atoms with Gasteiger partial charge in [-0.05, 0) is 30.6 Å². The summed E-state index contributed by atoms with van der Waals surface area (Å²) in [6.07, 6.45) is 3.07. The predicted molar refractivity (Wildman–Crippen MR) is 81.0 cm³/mol. The molecule has 118 valence electrons. The van der Waals surface area contributed by atoms with E-state index in [1.807, 2.05) is 4.90 Å². The Bertz CT molecular complexity index is 499. The van der Waals surface area contributed by atoms with Gasteiger partial charge in [-0.2, -0.15) is 0 Å². The van der Waals surface area contributed by atoms with Gasteiger partial charge in [0.15, 0.2) is 23.3 Å². The van der Waals surface area contributed by atoms with Crippen LogP contribution in [0.4, 0.5) is 20.4 Å². The fourth-order valence-corrected chi connectivity index (χ4v) is 2.95. The number of aromatic nitrogens is 1. The number of rotatable bonds is 2. The van der Waals surface area contributed by atoms with Crippen molar-refractivity contribution < 1.29 is 8.78 Å². The minimum atomic E-state index is -0.777. The van der Waals surface area contributed by atoms with Crippen molar-refractivity contribution in [1.82, 2.24) is 4.98 Å². The maximum absolute atomic E-state index is 14.0. The molecular weight excluding hydrogens is 274 g/mol. The standard InChI is InChI=1S/C15H24F2N4/c1-15(2,3)10-5-4-7-21(8-6-10)14-12(17)9-11(16)13(19-14)20-18/h9-10H,4-8,18H2,1-3H3,(H,19,20). The average Bonchev–Trinajstić information content (AvgIpc) is 2.64. The molecule has 6 heteroatoms. The van der Waals surface area contributed by atoms with Crippen LogP contribution < -0.4 is 16.2 Å². The summed E-state index contributed by atoms with van der Waals surface area (Å²) in [5, 5.41) is 0. The molecular formula is C15H24F2N4. The molecule has 1 saturated heterocycles. The van der Waals surface area contributed by atoms with Crippen molar-refractivity contribution in [2.24, 2.45) is 17.2 Å². The monoisotopic (exact) mass is 298 g/mol. The summed E-state index contributed by atoms with van der Waals surface area (Å²) < 4.78 is 27.4. The maximum Gasteiger partial charge on any atom is 0.178 e. The van der Waals surface area contributed by atoms with E-state index in [0.717, 1.165) is 38.4 Å². The molecule has 3 N–H and O–H groups in total. The molecule has 0 saturated carbocycles. The van der Waals surface area contributed by atoms with Gasteiger partial charge >= 0.3 is 0 Å². The normalized spacial score (nSPS) is 20.3. The molecule has 1 fully saturated rings. The van der Waals surface area contributed by atoms with Crippen molar-refractivity contribution in [3.05, 3.63) is 17.7 Å². The second kappa shape index (κ2) is 6.13. The van der Waals surface area contributed by atoms with E-state index in [-0.39, 0.29) is 17.1 Å². The molecule has 2 rings (SSSR count). The van der Waals surface area contributed by atoms with Crippen LogP contribution in [0.15, 0.2) is 6.07 Å². The molecule has 4 nitrogen and oxygen atoms in total. The van der Waals surface area contributed by atoms with Gasteiger partial charge in [-0.25, -0.2) is 19.6 Å². The van der Waals surface area contributed by atoms with Crippen LogP contribution in [0.1, 0.15) is 40.0 Å². The lowest BCUT2D eigenvalue weighted by Crippen LogP contribution is -2.28. The zero-order valence-corrected chi connectivity index (χ0v) is 12.9. The Morgan fingerprint density at radius 1 is 1.24 bits per heavy atom. The van der Waals surface area contributed by atoms with Gasteiger partial charge in [0.1, 0.15) is 0 Å². The van der Waals surface area contributed by atoms with E-state index in [0.29, 0.717) is 5.92 Å². The second-order valence-corrected chi connectivity index (χ2v) is 6.75. The lowest BCUT2D eigenvalue weighted by molar-refractivity contribution is 0.220. The van der Waals surface area contributed by atoms with E-state index in [9.17, 15) is 8.78 Å². The lowest BCUT2D eigenvalue weighted by Gasteiger charge is -2.30. The SMILES string of the molecule is CC(C)(C)C1CCCN(c2nc(NN)c(F)cc2F)CC1. The minimum absolute atomic E-state index is 0.122. The molecule has 2 heterocycles. The molecule has 0 aromatic carbocycles. The van der Waals surface area contributed by atoms with Gasteiger partial charge in [0, 0.05) is 19.2 Å². The summed E-state index contributed by atoms with van der Waals surface area (Å²) in [6.45, 7) is 8.16. The molecule has 0 radical (unpaired) electrons. The molecule has 21 heavy (non-hydrogen) atoms. The van der Waals surface area contributed by atoms with Crippen LogP contribution in [0, 0.1) is 23.0 Å². The molecule has 0 amide bonds. The Morgan fingerprint density at radius 3 is 2.57 bits per heavy atom. The molecule has 1 aliphatic rings. The summed E-state index contributed by atoms with van der Waals surface area (Å²) >= 11 is 0. The molecule has 1 aromatic heterocycles. The van der Waals surface area contributed by atoms with E-state index < -0.39 is 11.6 Å². The summed E-state index contributed by atoms with van der Waals surface area (Å²) in [5.41, 5.74) is 2.42. The lowest BCUT2D eigenvalue weighted by atomic mass is 9.77.